The van der Waals surface area contributed by atoms with Crippen molar-refractivity contribution in [1.29, 1.82) is 0 Å². The average molecular weight is 373 g/mol. The molecule has 21 heavy (non-hydrogen) atoms. The van der Waals surface area contributed by atoms with Crippen LogP contribution in [0.15, 0.2) is 17.4 Å². The molecule has 6 nitrogen and oxygen atoms in total. The van der Waals surface area contributed by atoms with Crippen LogP contribution in [-0.4, -0.2) is 31.2 Å². The molecule has 0 amide bonds. The van der Waals surface area contributed by atoms with Crippen LogP contribution in [0.3, 0.4) is 0 Å². The predicted octanol–water partition coefficient (Wildman–Crippen LogP) is 4.01. The lowest BCUT2D eigenvalue weighted by Gasteiger charge is -2.21. The number of nitrogens with zero attached hydrogens (tertiary/aromatic N) is 2. The summed E-state index contributed by atoms with van der Waals surface area (Å²) in [6.45, 7) is 1.22. The Morgan fingerprint density at radius 3 is 2.43 bits per heavy atom. The van der Waals surface area contributed by atoms with E-state index in [0.29, 0.717) is 18.2 Å². The topological polar surface area (TPSA) is 62.2 Å². The molecule has 0 saturated carbocycles. The number of pyridine rings is 1. The van der Waals surface area contributed by atoms with E-state index in [1.165, 1.54) is 19.4 Å². The van der Waals surface area contributed by atoms with Gasteiger partial charge in [0.2, 0.25) is 0 Å². The summed E-state index contributed by atoms with van der Waals surface area (Å²) in [6.07, 6.45) is 1.40. The zero-order valence-corrected chi connectivity index (χ0v) is 14.9. The van der Waals surface area contributed by atoms with Gasteiger partial charge in [-0.05, 0) is 25.1 Å². The number of hydrogen-bond donors (Lipinski definition) is 0. The lowest BCUT2D eigenvalue weighted by molar-refractivity contribution is 0.189. The van der Waals surface area contributed by atoms with Crippen LogP contribution in [-0.2, 0) is 30.2 Å². The van der Waals surface area contributed by atoms with Crippen LogP contribution < -0.4 is 0 Å². The monoisotopic (exact) mass is 372 g/mol. The molecule has 0 saturated heterocycles. The van der Waals surface area contributed by atoms with Crippen molar-refractivity contribution in [3.8, 4) is 0 Å². The highest BCUT2D eigenvalue weighted by atomic mass is 35.5. The minimum absolute atomic E-state index is 0.0237. The van der Waals surface area contributed by atoms with Gasteiger partial charge < -0.3 is 9.36 Å². The fraction of sp³-hybridized carbons (Fsp3) is 0.455. The third kappa shape index (κ3) is 5.70. The van der Waals surface area contributed by atoms with E-state index in [-0.39, 0.29) is 16.6 Å². The van der Waals surface area contributed by atoms with Gasteiger partial charge in [-0.1, -0.05) is 23.2 Å². The molecule has 0 atom stereocenters. The molecule has 118 valence electrons. The second kappa shape index (κ2) is 8.88. The van der Waals surface area contributed by atoms with Gasteiger partial charge in [-0.15, -0.1) is 0 Å². The van der Waals surface area contributed by atoms with Gasteiger partial charge in [-0.2, -0.15) is 0 Å². The predicted molar refractivity (Wildman–Crippen MR) is 86.4 cm³/mol. The summed E-state index contributed by atoms with van der Waals surface area (Å²) in [5, 5.41) is 4.37. The standard InChI is InChI=1S/C11H15Cl2N2O4PS/c1-4-17-20(21,18-5-2)19-11(15-16-3)10-9(13)6-8(12)7-14-10/h6-7H,4-5H2,1-3H3. The van der Waals surface area contributed by atoms with E-state index in [4.69, 9.17) is 53.4 Å². The number of hydrogen-bond acceptors (Lipinski definition) is 7. The quantitative estimate of drug-likeness (QED) is 0.312. The minimum atomic E-state index is -3.01. The van der Waals surface area contributed by atoms with Crippen LogP contribution in [0, 0.1) is 0 Å². The second-order valence-corrected chi connectivity index (χ2v) is 7.22. The van der Waals surface area contributed by atoms with Gasteiger partial charge in [0.05, 0.1) is 23.3 Å². The summed E-state index contributed by atoms with van der Waals surface area (Å²) >= 11 is 17.2. The van der Waals surface area contributed by atoms with Gasteiger partial charge >= 0.3 is 6.72 Å². The van der Waals surface area contributed by atoms with Crippen molar-refractivity contribution >= 4 is 47.6 Å². The molecular weight excluding hydrogens is 358 g/mol. The van der Waals surface area contributed by atoms with Gasteiger partial charge in [-0.3, -0.25) is 9.05 Å². The summed E-state index contributed by atoms with van der Waals surface area (Å²) in [4.78, 5) is 8.80. The van der Waals surface area contributed by atoms with Gasteiger partial charge in [0.25, 0.3) is 5.90 Å². The molecule has 1 aromatic heterocycles. The first-order chi connectivity index (χ1) is 9.95. The van der Waals surface area contributed by atoms with Crippen LogP contribution in [0.5, 0.6) is 0 Å². The fourth-order valence-corrected chi connectivity index (χ4v) is 3.72. The summed E-state index contributed by atoms with van der Waals surface area (Å²) in [7, 11) is 1.36. The summed E-state index contributed by atoms with van der Waals surface area (Å²) in [5.41, 5.74) is 0.233. The van der Waals surface area contributed by atoms with E-state index in [1.54, 1.807) is 13.8 Å². The zero-order chi connectivity index (χ0) is 15.9. The molecule has 0 aliphatic rings. The number of halogens is 2. The molecule has 1 rings (SSSR count). The molecule has 0 aromatic carbocycles. The Kier molecular flexibility index (Phi) is 7.87. The first-order valence-electron chi connectivity index (χ1n) is 5.97. The van der Waals surface area contributed by atoms with Crippen LogP contribution in [0.4, 0.5) is 0 Å². The molecule has 0 bridgehead atoms. The van der Waals surface area contributed by atoms with Gasteiger partial charge in [-0.25, -0.2) is 4.98 Å². The van der Waals surface area contributed by atoms with Crippen LogP contribution in [0.1, 0.15) is 19.5 Å². The molecular formula is C11H15Cl2N2O4PS. The molecule has 0 unspecified atom stereocenters. The molecule has 0 aliphatic carbocycles. The Morgan fingerprint density at radius 1 is 1.33 bits per heavy atom. The highest BCUT2D eigenvalue weighted by molar-refractivity contribution is 8.07. The van der Waals surface area contributed by atoms with Gasteiger partial charge in [0.15, 0.2) is 0 Å². The number of aromatic nitrogens is 1. The van der Waals surface area contributed by atoms with E-state index in [2.05, 4.69) is 10.1 Å². The van der Waals surface area contributed by atoms with Gasteiger partial charge in [0.1, 0.15) is 12.8 Å². The molecule has 1 heterocycles. The van der Waals surface area contributed by atoms with Crippen LogP contribution >= 0.6 is 29.9 Å². The highest BCUT2D eigenvalue weighted by Gasteiger charge is 2.26. The van der Waals surface area contributed by atoms with Crippen molar-refractivity contribution in [2.45, 2.75) is 13.8 Å². The molecule has 0 fully saturated rings. The SMILES string of the molecule is CCOP(=S)(OCC)OC(=NOC)c1ncc(Cl)cc1Cl. The van der Waals surface area contributed by atoms with Crippen LogP contribution in [0.2, 0.25) is 10.0 Å². The van der Waals surface area contributed by atoms with E-state index >= 15 is 0 Å². The van der Waals surface area contributed by atoms with Crippen molar-refractivity contribution in [2.75, 3.05) is 20.3 Å². The van der Waals surface area contributed by atoms with Crippen molar-refractivity contribution in [1.82, 2.24) is 4.98 Å². The Hall–Kier alpha value is -0.430. The third-order valence-electron chi connectivity index (χ3n) is 1.96. The summed E-state index contributed by atoms with van der Waals surface area (Å²) in [5.74, 6) is -0.0237. The number of rotatable bonds is 7. The molecule has 0 spiro atoms. The van der Waals surface area contributed by atoms with Crippen molar-refractivity contribution in [3.05, 3.63) is 28.0 Å². The molecule has 0 aliphatic heterocycles. The van der Waals surface area contributed by atoms with E-state index in [1.807, 2.05) is 0 Å². The van der Waals surface area contributed by atoms with E-state index < -0.39 is 6.72 Å². The third-order valence-corrected chi connectivity index (χ3v) is 4.85. The highest BCUT2D eigenvalue weighted by Crippen LogP contribution is 2.50. The van der Waals surface area contributed by atoms with Crippen molar-refractivity contribution < 1.29 is 18.4 Å². The Labute approximate surface area is 138 Å². The molecule has 1 aromatic rings. The lowest BCUT2D eigenvalue weighted by Crippen LogP contribution is -2.11. The zero-order valence-electron chi connectivity index (χ0n) is 11.7. The smallest absolute Gasteiger partial charge is 0.381 e. The maximum atomic E-state index is 6.08. The van der Waals surface area contributed by atoms with Crippen molar-refractivity contribution in [2.24, 2.45) is 5.16 Å². The summed E-state index contributed by atoms with van der Waals surface area (Å²) in [6, 6.07) is 1.50. The minimum Gasteiger partial charge on any atom is -0.400 e. The normalized spacial score (nSPS) is 12.3. The second-order valence-electron chi connectivity index (χ2n) is 3.44. The molecule has 10 heteroatoms. The molecule has 0 radical (unpaired) electrons. The Bertz CT molecular complexity index is 549. The Balaban J connectivity index is 3.12. The first kappa shape index (κ1) is 18.6. The van der Waals surface area contributed by atoms with E-state index in [9.17, 15) is 0 Å². The Morgan fingerprint density at radius 2 is 1.95 bits per heavy atom. The maximum absolute atomic E-state index is 6.08. The fourth-order valence-electron chi connectivity index (χ4n) is 1.27. The number of oxime groups is 1. The average Bonchev–Trinajstić information content (AvgIpc) is 2.38. The van der Waals surface area contributed by atoms with Crippen LogP contribution in [0.25, 0.3) is 0 Å². The van der Waals surface area contributed by atoms with E-state index in [0.717, 1.165) is 0 Å². The molecule has 0 N–H and O–H groups in total. The first-order valence-corrected chi connectivity index (χ1v) is 9.28. The maximum Gasteiger partial charge on any atom is 0.381 e. The van der Waals surface area contributed by atoms with Crippen molar-refractivity contribution in [3.63, 3.8) is 0 Å². The summed E-state index contributed by atoms with van der Waals surface area (Å²) < 4.78 is 16.3. The van der Waals surface area contributed by atoms with Gasteiger partial charge in [0, 0.05) is 18.0 Å². The lowest BCUT2D eigenvalue weighted by atomic mass is 10.3. The largest absolute Gasteiger partial charge is 0.400 e.